The maximum Gasteiger partial charge on any atom is 0.0435 e. The van der Waals surface area contributed by atoms with E-state index in [1.807, 2.05) is 39.2 Å². The summed E-state index contributed by atoms with van der Waals surface area (Å²) in [7, 11) is 0. The van der Waals surface area contributed by atoms with Gasteiger partial charge in [0.1, 0.15) is 0 Å². The molecule has 0 atom stereocenters. The van der Waals surface area contributed by atoms with Gasteiger partial charge in [-0.25, -0.2) is 0 Å². The van der Waals surface area contributed by atoms with Crippen LogP contribution in [0.15, 0.2) is 18.5 Å². The number of hydrogen-bond acceptors (Lipinski definition) is 1. The van der Waals surface area contributed by atoms with Crippen LogP contribution in [0.1, 0.15) is 19.4 Å². The fourth-order valence-electron chi connectivity index (χ4n) is 0.499. The van der Waals surface area contributed by atoms with E-state index in [0.29, 0.717) is 0 Å². The lowest BCUT2D eigenvalue weighted by atomic mass is 10.3. The van der Waals surface area contributed by atoms with Crippen molar-refractivity contribution < 1.29 is 0 Å². The first-order valence-corrected chi connectivity index (χ1v) is 3.85. The van der Waals surface area contributed by atoms with Crippen LogP contribution < -0.4 is 0 Å². The van der Waals surface area contributed by atoms with Gasteiger partial charge in [-0.05, 0) is 18.6 Å². The van der Waals surface area contributed by atoms with E-state index in [0.717, 1.165) is 10.1 Å². The lowest BCUT2D eigenvalue weighted by Gasteiger charge is -1.86. The Kier molecular flexibility index (Phi) is 4.85. The van der Waals surface area contributed by atoms with Crippen LogP contribution >= 0.6 is 12.2 Å². The molecule has 0 amide bonds. The van der Waals surface area contributed by atoms with Gasteiger partial charge in [0.05, 0.1) is 0 Å². The first kappa shape index (κ1) is 9.37. The van der Waals surface area contributed by atoms with Crippen molar-refractivity contribution in [1.29, 1.82) is 0 Å². The molecule has 0 bridgehead atoms. The summed E-state index contributed by atoms with van der Waals surface area (Å²) in [6.07, 6.45) is 3.72. The van der Waals surface area contributed by atoms with Crippen molar-refractivity contribution in [3.63, 3.8) is 0 Å². The van der Waals surface area contributed by atoms with Crippen LogP contribution in [0, 0.1) is 11.4 Å². The Morgan fingerprint density at radius 3 is 2.30 bits per heavy atom. The molecule has 0 spiro atoms. The zero-order chi connectivity index (χ0) is 7.98. The highest BCUT2D eigenvalue weighted by atomic mass is 32.1. The van der Waals surface area contributed by atoms with E-state index < -0.39 is 0 Å². The number of aromatic amines is 1. The van der Waals surface area contributed by atoms with Crippen LogP contribution in [-0.2, 0) is 0 Å². The maximum absolute atomic E-state index is 4.93. The molecule has 2 heteroatoms. The third-order valence-electron chi connectivity index (χ3n) is 1.02. The Balaban J connectivity index is 0.000000371. The molecule has 1 heterocycles. The van der Waals surface area contributed by atoms with Crippen molar-refractivity contribution >= 4 is 12.2 Å². The molecule has 0 aliphatic rings. The van der Waals surface area contributed by atoms with Gasteiger partial charge in [-0.1, -0.05) is 26.1 Å². The molecule has 0 aliphatic heterocycles. The predicted octanol–water partition coefficient (Wildman–Crippen LogP) is 3.08. The number of pyridine rings is 1. The number of aryl methyl sites for hydroxylation is 1. The van der Waals surface area contributed by atoms with E-state index >= 15 is 0 Å². The molecular formula is C8H13NS. The number of aromatic nitrogens is 1. The van der Waals surface area contributed by atoms with Crippen LogP contribution in [0.25, 0.3) is 0 Å². The minimum absolute atomic E-state index is 0.920. The van der Waals surface area contributed by atoms with Crippen molar-refractivity contribution in [3.8, 4) is 0 Å². The summed E-state index contributed by atoms with van der Waals surface area (Å²) in [5.41, 5.74) is 1.13. The van der Waals surface area contributed by atoms with E-state index in [2.05, 4.69) is 4.98 Å². The van der Waals surface area contributed by atoms with Gasteiger partial charge < -0.3 is 4.98 Å². The second-order valence-corrected chi connectivity index (χ2v) is 2.13. The molecule has 0 unspecified atom stereocenters. The lowest BCUT2D eigenvalue weighted by molar-refractivity contribution is 1.26. The molecular weight excluding hydrogens is 142 g/mol. The molecule has 0 aromatic carbocycles. The van der Waals surface area contributed by atoms with Crippen molar-refractivity contribution in [2.75, 3.05) is 0 Å². The Bertz CT molecular complexity index is 227. The fraction of sp³-hybridized carbons (Fsp3) is 0.375. The summed E-state index contributed by atoms with van der Waals surface area (Å²) >= 11 is 4.93. The first-order chi connectivity index (χ1) is 4.80. The summed E-state index contributed by atoms with van der Waals surface area (Å²) < 4.78 is 0.920. The average molecular weight is 155 g/mol. The largest absolute Gasteiger partial charge is 0.367 e. The smallest absolute Gasteiger partial charge is 0.0435 e. The molecule has 1 N–H and O–H groups in total. The lowest BCUT2D eigenvalue weighted by Crippen LogP contribution is -1.73. The minimum atomic E-state index is 0.920. The Morgan fingerprint density at radius 1 is 1.40 bits per heavy atom. The summed E-state index contributed by atoms with van der Waals surface area (Å²) in [5, 5.41) is 0. The molecule has 1 aromatic heterocycles. The van der Waals surface area contributed by atoms with Gasteiger partial charge in [-0.3, -0.25) is 0 Å². The van der Waals surface area contributed by atoms with Crippen molar-refractivity contribution in [1.82, 2.24) is 4.98 Å². The highest BCUT2D eigenvalue weighted by molar-refractivity contribution is 7.71. The molecule has 0 fully saturated rings. The predicted molar refractivity (Wildman–Crippen MR) is 47.7 cm³/mol. The maximum atomic E-state index is 4.93. The van der Waals surface area contributed by atoms with Crippen LogP contribution in [0.2, 0.25) is 0 Å². The van der Waals surface area contributed by atoms with Gasteiger partial charge in [0.25, 0.3) is 0 Å². The van der Waals surface area contributed by atoms with Gasteiger partial charge in [0, 0.05) is 16.9 Å². The van der Waals surface area contributed by atoms with Gasteiger partial charge in [-0.15, -0.1) is 0 Å². The Morgan fingerprint density at radius 2 is 2.00 bits per heavy atom. The third kappa shape index (κ3) is 2.78. The molecule has 0 aliphatic carbocycles. The van der Waals surface area contributed by atoms with Crippen molar-refractivity contribution in [3.05, 3.63) is 28.5 Å². The molecule has 1 aromatic rings. The van der Waals surface area contributed by atoms with Crippen LogP contribution in [0.4, 0.5) is 0 Å². The van der Waals surface area contributed by atoms with Crippen LogP contribution in [0.3, 0.4) is 0 Å². The monoisotopic (exact) mass is 155 g/mol. The zero-order valence-electron chi connectivity index (χ0n) is 6.64. The van der Waals surface area contributed by atoms with E-state index in [4.69, 9.17) is 12.2 Å². The standard InChI is InChI=1S/C6H7NS.C2H6/c1-5-4-7-3-2-6(5)8;1-2/h2-4H,1H3,(H,7,8);1-2H3. The molecule has 1 nitrogen and oxygen atoms in total. The summed E-state index contributed by atoms with van der Waals surface area (Å²) in [6.45, 7) is 5.98. The van der Waals surface area contributed by atoms with Crippen molar-refractivity contribution in [2.24, 2.45) is 0 Å². The molecule has 0 radical (unpaired) electrons. The van der Waals surface area contributed by atoms with Gasteiger partial charge in [0.15, 0.2) is 0 Å². The number of rotatable bonds is 0. The fourth-order valence-corrected chi connectivity index (χ4v) is 0.626. The minimum Gasteiger partial charge on any atom is -0.367 e. The van der Waals surface area contributed by atoms with Crippen molar-refractivity contribution in [2.45, 2.75) is 20.8 Å². The average Bonchev–Trinajstić information content (AvgIpc) is 2.00. The topological polar surface area (TPSA) is 15.8 Å². The normalized spacial score (nSPS) is 7.90. The SMILES string of the molecule is CC.Cc1c[nH]ccc1=S. The quantitative estimate of drug-likeness (QED) is 0.569. The van der Waals surface area contributed by atoms with E-state index in [1.165, 1.54) is 0 Å². The van der Waals surface area contributed by atoms with Crippen LogP contribution in [-0.4, -0.2) is 4.98 Å². The van der Waals surface area contributed by atoms with E-state index in [-0.39, 0.29) is 0 Å². The number of H-pyrrole nitrogens is 1. The number of nitrogens with one attached hydrogen (secondary N) is 1. The van der Waals surface area contributed by atoms with Gasteiger partial charge in [-0.2, -0.15) is 0 Å². The zero-order valence-corrected chi connectivity index (χ0v) is 7.46. The molecule has 10 heavy (non-hydrogen) atoms. The van der Waals surface area contributed by atoms with E-state index in [1.54, 1.807) is 0 Å². The summed E-state index contributed by atoms with van der Waals surface area (Å²) in [5.74, 6) is 0. The van der Waals surface area contributed by atoms with E-state index in [9.17, 15) is 0 Å². The highest BCUT2D eigenvalue weighted by Gasteiger charge is 1.79. The summed E-state index contributed by atoms with van der Waals surface area (Å²) in [4.78, 5) is 2.93. The van der Waals surface area contributed by atoms with Crippen LogP contribution in [0.5, 0.6) is 0 Å². The Labute approximate surface area is 67.1 Å². The second kappa shape index (κ2) is 5.18. The highest BCUT2D eigenvalue weighted by Crippen LogP contribution is 1.94. The summed E-state index contributed by atoms with van der Waals surface area (Å²) in [6, 6.07) is 1.88. The third-order valence-corrected chi connectivity index (χ3v) is 1.48. The molecule has 1 rings (SSSR count). The molecule has 0 saturated heterocycles. The van der Waals surface area contributed by atoms with Gasteiger partial charge >= 0.3 is 0 Å². The second-order valence-electron chi connectivity index (χ2n) is 1.69. The molecule has 0 saturated carbocycles. The van der Waals surface area contributed by atoms with Gasteiger partial charge in [0.2, 0.25) is 0 Å². The molecule has 56 valence electrons. The number of hydrogen-bond donors (Lipinski definition) is 1. The Hall–Kier alpha value is -0.630. The first-order valence-electron chi connectivity index (χ1n) is 3.44.